The maximum Gasteiger partial charge on any atom is 0.326 e. The SMILES string of the molecule is CCC[C@@H](NC(=O)c1ccc(F)c(NC(C)=O)c1)C(=O)O. The highest BCUT2D eigenvalue weighted by molar-refractivity contribution is 5.98. The average Bonchev–Trinajstić information content (AvgIpc) is 2.40. The van der Waals surface area contributed by atoms with Crippen molar-refractivity contribution in [2.45, 2.75) is 32.7 Å². The molecule has 0 unspecified atom stereocenters. The molecule has 1 aromatic carbocycles. The number of amides is 2. The number of carbonyl (C=O) groups excluding carboxylic acids is 2. The lowest BCUT2D eigenvalue weighted by Gasteiger charge is -2.14. The molecular weight excluding hydrogens is 279 g/mol. The summed E-state index contributed by atoms with van der Waals surface area (Å²) in [6.45, 7) is 3.02. The fourth-order valence-electron chi connectivity index (χ4n) is 1.74. The summed E-state index contributed by atoms with van der Waals surface area (Å²) in [4.78, 5) is 33.9. The van der Waals surface area contributed by atoms with E-state index in [1.54, 1.807) is 6.92 Å². The van der Waals surface area contributed by atoms with Gasteiger partial charge in [0.2, 0.25) is 5.91 Å². The highest BCUT2D eigenvalue weighted by Crippen LogP contribution is 2.16. The molecule has 0 aliphatic carbocycles. The number of hydrogen-bond acceptors (Lipinski definition) is 3. The van der Waals surface area contributed by atoms with Gasteiger partial charge in [0, 0.05) is 12.5 Å². The van der Waals surface area contributed by atoms with E-state index in [-0.39, 0.29) is 11.3 Å². The van der Waals surface area contributed by atoms with E-state index in [1.807, 2.05) is 0 Å². The molecule has 0 fully saturated rings. The molecule has 1 rings (SSSR count). The minimum Gasteiger partial charge on any atom is -0.480 e. The first-order valence-corrected chi connectivity index (χ1v) is 6.46. The Morgan fingerprint density at radius 3 is 2.52 bits per heavy atom. The third kappa shape index (κ3) is 4.87. The zero-order valence-corrected chi connectivity index (χ0v) is 11.8. The molecule has 7 heteroatoms. The van der Waals surface area contributed by atoms with Gasteiger partial charge in [0.25, 0.3) is 5.91 Å². The number of carbonyl (C=O) groups is 3. The molecule has 0 saturated carbocycles. The van der Waals surface area contributed by atoms with Crippen molar-refractivity contribution in [1.29, 1.82) is 0 Å². The van der Waals surface area contributed by atoms with E-state index in [1.165, 1.54) is 13.0 Å². The molecule has 0 aromatic heterocycles. The van der Waals surface area contributed by atoms with Crippen LogP contribution >= 0.6 is 0 Å². The van der Waals surface area contributed by atoms with Crippen molar-refractivity contribution in [2.24, 2.45) is 0 Å². The van der Waals surface area contributed by atoms with Crippen molar-refractivity contribution in [2.75, 3.05) is 5.32 Å². The lowest BCUT2D eigenvalue weighted by molar-refractivity contribution is -0.139. The van der Waals surface area contributed by atoms with Crippen LogP contribution in [0.2, 0.25) is 0 Å². The summed E-state index contributed by atoms with van der Waals surface area (Å²) >= 11 is 0. The van der Waals surface area contributed by atoms with Crippen molar-refractivity contribution in [3.8, 4) is 0 Å². The summed E-state index contributed by atoms with van der Waals surface area (Å²) in [5, 5.41) is 13.6. The van der Waals surface area contributed by atoms with Gasteiger partial charge in [-0.05, 0) is 24.6 Å². The molecule has 0 aliphatic heterocycles. The molecule has 0 spiro atoms. The predicted octanol–water partition coefficient (Wildman–Crippen LogP) is 1.77. The largest absolute Gasteiger partial charge is 0.480 e. The van der Waals surface area contributed by atoms with Crippen molar-refractivity contribution < 1.29 is 23.9 Å². The van der Waals surface area contributed by atoms with E-state index >= 15 is 0 Å². The molecule has 1 aromatic rings. The number of carboxylic acids is 1. The fraction of sp³-hybridized carbons (Fsp3) is 0.357. The first-order chi connectivity index (χ1) is 9.85. The van der Waals surface area contributed by atoms with Crippen LogP contribution < -0.4 is 10.6 Å². The quantitative estimate of drug-likeness (QED) is 0.745. The summed E-state index contributed by atoms with van der Waals surface area (Å²) in [6, 6.07) is 2.42. The topological polar surface area (TPSA) is 95.5 Å². The van der Waals surface area contributed by atoms with Crippen LogP contribution in [0.15, 0.2) is 18.2 Å². The lowest BCUT2D eigenvalue weighted by Crippen LogP contribution is -2.40. The number of anilines is 1. The molecule has 0 heterocycles. The fourth-order valence-corrected chi connectivity index (χ4v) is 1.74. The number of halogens is 1. The second kappa shape index (κ2) is 7.37. The van der Waals surface area contributed by atoms with Gasteiger partial charge in [-0.1, -0.05) is 13.3 Å². The smallest absolute Gasteiger partial charge is 0.326 e. The third-order valence-corrected chi connectivity index (χ3v) is 2.72. The number of hydrogen-bond donors (Lipinski definition) is 3. The maximum atomic E-state index is 13.5. The van der Waals surface area contributed by atoms with Gasteiger partial charge in [-0.15, -0.1) is 0 Å². The van der Waals surface area contributed by atoms with Crippen LogP contribution in [-0.2, 0) is 9.59 Å². The highest BCUT2D eigenvalue weighted by atomic mass is 19.1. The first kappa shape index (κ1) is 16.6. The Hall–Kier alpha value is -2.44. The third-order valence-electron chi connectivity index (χ3n) is 2.72. The zero-order valence-electron chi connectivity index (χ0n) is 11.8. The van der Waals surface area contributed by atoms with Crippen LogP contribution in [0.1, 0.15) is 37.0 Å². The van der Waals surface area contributed by atoms with Crippen LogP contribution in [0.3, 0.4) is 0 Å². The molecule has 0 radical (unpaired) electrons. The van der Waals surface area contributed by atoms with E-state index < -0.39 is 29.6 Å². The Bertz CT molecular complexity index is 560. The molecule has 2 amide bonds. The number of carboxylic acid groups (broad SMARTS) is 1. The minimum atomic E-state index is -1.13. The monoisotopic (exact) mass is 296 g/mol. The van der Waals surface area contributed by atoms with E-state index in [2.05, 4.69) is 10.6 Å². The Morgan fingerprint density at radius 1 is 1.33 bits per heavy atom. The Balaban J connectivity index is 2.91. The highest BCUT2D eigenvalue weighted by Gasteiger charge is 2.20. The van der Waals surface area contributed by atoms with Crippen molar-refractivity contribution in [1.82, 2.24) is 5.32 Å². The Labute approximate surface area is 121 Å². The normalized spacial score (nSPS) is 11.6. The molecule has 21 heavy (non-hydrogen) atoms. The van der Waals surface area contributed by atoms with Crippen LogP contribution in [-0.4, -0.2) is 28.9 Å². The van der Waals surface area contributed by atoms with Gasteiger partial charge in [-0.3, -0.25) is 9.59 Å². The van der Waals surface area contributed by atoms with Gasteiger partial charge < -0.3 is 15.7 Å². The van der Waals surface area contributed by atoms with Crippen molar-refractivity contribution in [3.05, 3.63) is 29.6 Å². The zero-order chi connectivity index (χ0) is 16.0. The minimum absolute atomic E-state index is 0.0718. The lowest BCUT2D eigenvalue weighted by atomic mass is 10.1. The van der Waals surface area contributed by atoms with Gasteiger partial charge in [0.1, 0.15) is 11.9 Å². The second-order valence-corrected chi connectivity index (χ2v) is 4.53. The van der Waals surface area contributed by atoms with Crippen molar-refractivity contribution >= 4 is 23.5 Å². The summed E-state index contributed by atoms with van der Waals surface area (Å²) in [5.74, 6) is -2.91. The van der Waals surface area contributed by atoms with E-state index in [0.717, 1.165) is 12.1 Å². The van der Waals surface area contributed by atoms with Gasteiger partial charge in [-0.25, -0.2) is 9.18 Å². The van der Waals surface area contributed by atoms with E-state index in [9.17, 15) is 18.8 Å². The maximum absolute atomic E-state index is 13.5. The molecule has 114 valence electrons. The van der Waals surface area contributed by atoms with Gasteiger partial charge in [-0.2, -0.15) is 0 Å². The van der Waals surface area contributed by atoms with Crippen LogP contribution in [0.4, 0.5) is 10.1 Å². The average molecular weight is 296 g/mol. The standard InChI is InChI=1S/C14H17FN2O4/c1-3-4-11(14(20)21)17-13(19)9-5-6-10(15)12(7-9)16-8(2)18/h5-7,11H,3-4H2,1-2H3,(H,16,18)(H,17,19)(H,20,21)/t11-/m1/s1. The molecular formula is C14H17FN2O4. The molecule has 6 nitrogen and oxygen atoms in total. The van der Waals surface area contributed by atoms with Crippen LogP contribution in [0.25, 0.3) is 0 Å². The first-order valence-electron chi connectivity index (χ1n) is 6.46. The summed E-state index contributed by atoms with van der Waals surface area (Å²) in [7, 11) is 0. The van der Waals surface area contributed by atoms with Gasteiger partial charge in [0.05, 0.1) is 5.69 Å². The van der Waals surface area contributed by atoms with Crippen LogP contribution in [0.5, 0.6) is 0 Å². The second-order valence-electron chi connectivity index (χ2n) is 4.53. The number of rotatable bonds is 6. The Kier molecular flexibility index (Phi) is 5.83. The number of aliphatic carboxylic acids is 1. The van der Waals surface area contributed by atoms with Gasteiger partial charge >= 0.3 is 5.97 Å². The number of nitrogens with one attached hydrogen (secondary N) is 2. The molecule has 3 N–H and O–H groups in total. The predicted molar refractivity (Wildman–Crippen MR) is 74.5 cm³/mol. The van der Waals surface area contributed by atoms with Gasteiger partial charge in [0.15, 0.2) is 0 Å². The molecule has 0 bridgehead atoms. The molecule has 0 aliphatic rings. The summed E-state index contributed by atoms with van der Waals surface area (Å²) < 4.78 is 13.5. The number of benzene rings is 1. The summed E-state index contributed by atoms with van der Waals surface area (Å²) in [6.07, 6.45) is 0.888. The van der Waals surface area contributed by atoms with Crippen LogP contribution in [0, 0.1) is 5.82 Å². The van der Waals surface area contributed by atoms with E-state index in [4.69, 9.17) is 5.11 Å². The molecule has 1 atom stereocenters. The van der Waals surface area contributed by atoms with E-state index in [0.29, 0.717) is 12.8 Å². The summed E-state index contributed by atoms with van der Waals surface area (Å²) in [5.41, 5.74) is -0.0555. The molecule has 0 saturated heterocycles. The Morgan fingerprint density at radius 2 is 2.00 bits per heavy atom. The van der Waals surface area contributed by atoms with Crippen molar-refractivity contribution in [3.63, 3.8) is 0 Å².